The number of Topliss-reactive ketones (excluding diaryl/α,β-unsaturated/α-hetero) is 1. The molecule has 0 amide bonds. The molecule has 0 bridgehead atoms. The van der Waals surface area contributed by atoms with Crippen molar-refractivity contribution in [3.05, 3.63) is 47.0 Å². The number of ether oxygens (including phenoxy) is 4. The van der Waals surface area contributed by atoms with Crippen molar-refractivity contribution < 1.29 is 23.7 Å². The van der Waals surface area contributed by atoms with E-state index in [9.17, 15) is 4.79 Å². The van der Waals surface area contributed by atoms with Gasteiger partial charge in [-0.3, -0.25) is 4.79 Å². The minimum atomic E-state index is -0.643. The van der Waals surface area contributed by atoms with Crippen molar-refractivity contribution in [2.24, 2.45) is 5.92 Å². The summed E-state index contributed by atoms with van der Waals surface area (Å²) in [7, 11) is 3.40. The second kappa shape index (κ2) is 9.71. The number of rotatable bonds is 9. The number of hydrogen-bond donors (Lipinski definition) is 0. The summed E-state index contributed by atoms with van der Waals surface area (Å²) < 4.78 is 24.7. The highest BCUT2D eigenvalue weighted by molar-refractivity contribution is 6.01. The van der Waals surface area contributed by atoms with Gasteiger partial charge < -0.3 is 18.9 Å². The van der Waals surface area contributed by atoms with Gasteiger partial charge in [0.2, 0.25) is 0 Å². The summed E-state index contributed by atoms with van der Waals surface area (Å²) in [4.78, 5) is 12.1. The molecule has 0 aromatic heterocycles. The summed E-state index contributed by atoms with van der Waals surface area (Å²) in [5.74, 6) is 1.38. The number of fused-ring (bicyclic) bond motifs is 1. The van der Waals surface area contributed by atoms with Gasteiger partial charge in [0.05, 0.1) is 12.7 Å². The second-order valence-corrected chi connectivity index (χ2v) is 10.4. The van der Waals surface area contributed by atoms with Crippen LogP contribution in [0.15, 0.2) is 30.3 Å². The zero-order valence-corrected chi connectivity index (χ0v) is 21.5. The van der Waals surface area contributed by atoms with Gasteiger partial charge in [0, 0.05) is 30.6 Å². The fourth-order valence-corrected chi connectivity index (χ4v) is 5.47. The van der Waals surface area contributed by atoms with Crippen LogP contribution >= 0.6 is 0 Å². The van der Waals surface area contributed by atoms with Crippen LogP contribution in [0.5, 0.6) is 11.5 Å². The largest absolute Gasteiger partial charge is 0.493 e. The zero-order chi connectivity index (χ0) is 24.5. The van der Waals surface area contributed by atoms with E-state index >= 15 is 0 Å². The molecular weight excluding hydrogens is 428 g/mol. The predicted molar refractivity (Wildman–Crippen MR) is 134 cm³/mol. The van der Waals surface area contributed by atoms with Gasteiger partial charge in [0.15, 0.2) is 23.1 Å². The first-order chi connectivity index (χ1) is 16.2. The molecule has 2 aliphatic carbocycles. The molecule has 1 fully saturated rings. The van der Waals surface area contributed by atoms with Crippen molar-refractivity contribution in [1.82, 2.24) is 0 Å². The molecule has 0 heterocycles. The van der Waals surface area contributed by atoms with Crippen LogP contribution < -0.4 is 9.47 Å². The highest BCUT2D eigenvalue weighted by atomic mass is 16.7. The maximum atomic E-state index is 12.1. The predicted octanol–water partition coefficient (Wildman–Crippen LogP) is 6.53. The second-order valence-electron chi connectivity index (χ2n) is 10.4. The van der Waals surface area contributed by atoms with Crippen LogP contribution in [0.3, 0.4) is 0 Å². The molecule has 184 valence electrons. The fraction of sp³-hybridized carbons (Fsp3) is 0.552. The molecule has 0 radical (unpaired) electrons. The first-order valence-corrected chi connectivity index (χ1v) is 12.4. The van der Waals surface area contributed by atoms with Crippen LogP contribution in [0.4, 0.5) is 0 Å². The van der Waals surface area contributed by atoms with E-state index in [2.05, 4.69) is 19.1 Å². The van der Waals surface area contributed by atoms with E-state index in [1.807, 2.05) is 39.0 Å². The number of benzene rings is 2. The average Bonchev–Trinajstić information content (AvgIpc) is 3.48. The van der Waals surface area contributed by atoms with E-state index < -0.39 is 11.4 Å². The summed E-state index contributed by atoms with van der Waals surface area (Å²) in [5.41, 5.74) is 4.33. The molecule has 34 heavy (non-hydrogen) atoms. The fourth-order valence-electron chi connectivity index (χ4n) is 5.47. The van der Waals surface area contributed by atoms with E-state index in [1.54, 1.807) is 14.2 Å². The van der Waals surface area contributed by atoms with Crippen molar-refractivity contribution >= 4 is 5.78 Å². The number of hydrogen-bond acceptors (Lipinski definition) is 5. The molecule has 0 N–H and O–H groups in total. The monoisotopic (exact) mass is 466 g/mol. The lowest BCUT2D eigenvalue weighted by Crippen LogP contribution is -2.48. The van der Waals surface area contributed by atoms with Crippen LogP contribution in [-0.4, -0.2) is 38.0 Å². The summed E-state index contributed by atoms with van der Waals surface area (Å²) in [6.07, 6.45) is 6.07. The van der Waals surface area contributed by atoms with E-state index in [-0.39, 0.29) is 5.78 Å². The molecule has 5 heteroatoms. The third kappa shape index (κ3) is 4.87. The van der Waals surface area contributed by atoms with Crippen molar-refractivity contribution in [3.63, 3.8) is 0 Å². The molecule has 1 atom stereocenters. The number of ketones is 1. The molecule has 0 saturated heterocycles. The third-order valence-electron chi connectivity index (χ3n) is 7.40. The van der Waals surface area contributed by atoms with Gasteiger partial charge in [-0.2, -0.15) is 0 Å². The number of aryl methyl sites for hydroxylation is 2. The maximum Gasteiger partial charge on any atom is 0.169 e. The van der Waals surface area contributed by atoms with E-state index in [4.69, 9.17) is 18.9 Å². The molecule has 2 aromatic carbocycles. The minimum absolute atomic E-state index is 0.224. The summed E-state index contributed by atoms with van der Waals surface area (Å²) in [6, 6.07) is 10.2. The van der Waals surface area contributed by atoms with E-state index in [0.717, 1.165) is 52.8 Å². The Hall–Kier alpha value is -2.37. The average molecular weight is 467 g/mol. The van der Waals surface area contributed by atoms with Crippen LogP contribution in [0.25, 0.3) is 11.1 Å². The van der Waals surface area contributed by atoms with Crippen LogP contribution in [0.2, 0.25) is 0 Å². The van der Waals surface area contributed by atoms with Crippen LogP contribution in [-0.2, 0) is 15.9 Å². The molecular formula is C29H38O5. The van der Waals surface area contributed by atoms with E-state index in [0.29, 0.717) is 24.7 Å². The Morgan fingerprint density at radius 2 is 1.65 bits per heavy atom. The smallest absolute Gasteiger partial charge is 0.169 e. The zero-order valence-electron chi connectivity index (χ0n) is 21.5. The minimum Gasteiger partial charge on any atom is -0.493 e. The Labute approximate surface area is 203 Å². The Morgan fingerprint density at radius 1 is 0.941 bits per heavy atom. The first kappa shape index (κ1) is 24.7. The molecule has 1 unspecified atom stereocenters. The van der Waals surface area contributed by atoms with Gasteiger partial charge in [0.25, 0.3) is 0 Å². The Kier molecular flexibility index (Phi) is 7.07. The molecule has 1 saturated carbocycles. The number of methoxy groups -OCH3 is 2. The normalized spacial score (nSPS) is 18.1. The number of carbonyl (C=O) groups is 1. The Bertz CT molecular complexity index is 1050. The van der Waals surface area contributed by atoms with Crippen molar-refractivity contribution in [2.45, 2.75) is 77.6 Å². The molecule has 5 nitrogen and oxygen atoms in total. The van der Waals surface area contributed by atoms with Crippen molar-refractivity contribution in [2.75, 3.05) is 20.8 Å². The van der Waals surface area contributed by atoms with Gasteiger partial charge in [-0.1, -0.05) is 43.2 Å². The SMILES string of the molecule is COc1c(C)ccc(-c2ccc3c(c2)CCC3=O)c1OCC(C)(C)OC(C)(OC)C1CCCC1. The van der Waals surface area contributed by atoms with Gasteiger partial charge in [-0.25, -0.2) is 0 Å². The standard InChI is InChI=1S/C29H38O5/c1-19-11-14-24(21-12-15-23-20(17-21)13-16-25(23)30)27(26(19)31-5)33-18-28(2,3)34-29(4,32-6)22-9-7-8-10-22/h11-12,14-15,17,22H,7-10,13,16,18H2,1-6H3. The lowest BCUT2D eigenvalue weighted by Gasteiger charge is -2.41. The molecule has 2 aliphatic rings. The molecule has 2 aromatic rings. The lowest BCUT2D eigenvalue weighted by molar-refractivity contribution is -0.290. The van der Waals surface area contributed by atoms with Gasteiger partial charge in [0.1, 0.15) is 6.61 Å². The summed E-state index contributed by atoms with van der Waals surface area (Å²) in [6.45, 7) is 8.50. The molecule has 0 aliphatic heterocycles. The first-order valence-electron chi connectivity index (χ1n) is 12.4. The lowest BCUT2D eigenvalue weighted by atomic mass is 9.96. The van der Waals surface area contributed by atoms with Crippen molar-refractivity contribution in [1.29, 1.82) is 0 Å². The van der Waals surface area contributed by atoms with Gasteiger partial charge in [-0.05, 0) is 63.6 Å². The van der Waals surface area contributed by atoms with E-state index in [1.165, 1.54) is 12.8 Å². The summed E-state index contributed by atoms with van der Waals surface area (Å²) in [5, 5.41) is 0. The highest BCUT2D eigenvalue weighted by Crippen LogP contribution is 2.43. The van der Waals surface area contributed by atoms with Crippen LogP contribution in [0.1, 0.15) is 74.4 Å². The topological polar surface area (TPSA) is 54.0 Å². The third-order valence-corrected chi connectivity index (χ3v) is 7.40. The van der Waals surface area contributed by atoms with Crippen molar-refractivity contribution in [3.8, 4) is 22.6 Å². The number of carbonyl (C=O) groups excluding carboxylic acids is 1. The Balaban J connectivity index is 1.61. The van der Waals surface area contributed by atoms with Gasteiger partial charge >= 0.3 is 0 Å². The van der Waals surface area contributed by atoms with Crippen LogP contribution in [0, 0.1) is 12.8 Å². The Morgan fingerprint density at radius 3 is 2.32 bits per heavy atom. The quantitative estimate of drug-likeness (QED) is 0.394. The highest BCUT2D eigenvalue weighted by Gasteiger charge is 2.42. The van der Waals surface area contributed by atoms with Gasteiger partial charge in [-0.15, -0.1) is 0 Å². The molecule has 0 spiro atoms. The maximum absolute atomic E-state index is 12.1. The molecule has 4 rings (SSSR count). The summed E-state index contributed by atoms with van der Waals surface area (Å²) >= 11 is 0.